The third kappa shape index (κ3) is 4.12. The fraction of sp³-hybridized carbons (Fsp3) is 0.182. The zero-order chi connectivity index (χ0) is 16.9. The largest absolute Gasteiger partial charge is 0.363 e. The van der Waals surface area contributed by atoms with Gasteiger partial charge in [0.2, 0.25) is 0 Å². The van der Waals surface area contributed by atoms with Crippen molar-refractivity contribution in [3.63, 3.8) is 0 Å². The van der Waals surface area contributed by atoms with E-state index >= 15 is 0 Å². The van der Waals surface area contributed by atoms with Crippen LogP contribution in [-0.2, 0) is 0 Å². The number of para-hydroxylation sites is 1. The van der Waals surface area contributed by atoms with Crippen molar-refractivity contribution in [3.8, 4) is 0 Å². The van der Waals surface area contributed by atoms with Crippen molar-refractivity contribution in [1.29, 1.82) is 0 Å². The van der Waals surface area contributed by atoms with Crippen LogP contribution in [0.5, 0.6) is 0 Å². The number of hydrogen-bond donors (Lipinski definition) is 0. The van der Waals surface area contributed by atoms with E-state index in [0.29, 0.717) is 0 Å². The quantitative estimate of drug-likeness (QED) is 0.590. The predicted molar refractivity (Wildman–Crippen MR) is 114 cm³/mol. The van der Waals surface area contributed by atoms with Crippen LogP contribution in [0.2, 0.25) is 0 Å². The van der Waals surface area contributed by atoms with E-state index in [0.717, 1.165) is 0 Å². The molecular formula is C22H23NP2. The van der Waals surface area contributed by atoms with Gasteiger partial charge in [-0.2, -0.15) is 0 Å². The third-order valence-electron chi connectivity index (χ3n) is 4.69. The Morgan fingerprint density at radius 1 is 0.520 bits per heavy atom. The number of nitrogens with zero attached hydrogens (tertiary/aromatic N) is 1. The summed E-state index contributed by atoms with van der Waals surface area (Å²) in [5.41, 5.74) is 1.37. The van der Waals surface area contributed by atoms with Gasteiger partial charge in [-0.3, -0.25) is 0 Å². The average molecular weight is 363 g/mol. The molecule has 1 fully saturated rings. The van der Waals surface area contributed by atoms with E-state index in [1.165, 1.54) is 30.6 Å². The Labute approximate surface area is 153 Å². The zero-order valence-corrected chi connectivity index (χ0v) is 16.1. The van der Waals surface area contributed by atoms with Gasteiger partial charge in [0.05, 0.1) is 0 Å². The molecule has 2 unspecified atom stereocenters. The van der Waals surface area contributed by atoms with E-state index in [1.54, 1.807) is 10.6 Å². The highest BCUT2D eigenvalue weighted by Crippen LogP contribution is 2.48. The summed E-state index contributed by atoms with van der Waals surface area (Å²) in [7, 11) is -0.263. The van der Waals surface area contributed by atoms with Crippen LogP contribution >= 0.6 is 15.8 Å². The van der Waals surface area contributed by atoms with Crippen LogP contribution in [0.15, 0.2) is 91.0 Å². The van der Waals surface area contributed by atoms with Gasteiger partial charge in [0.15, 0.2) is 0 Å². The monoisotopic (exact) mass is 363 g/mol. The van der Waals surface area contributed by atoms with Crippen molar-refractivity contribution in [2.75, 3.05) is 29.8 Å². The highest BCUT2D eigenvalue weighted by Gasteiger charge is 2.25. The molecule has 3 aromatic carbocycles. The molecule has 1 aliphatic heterocycles. The molecule has 126 valence electrons. The molecule has 0 radical (unpaired) electrons. The van der Waals surface area contributed by atoms with Gasteiger partial charge >= 0.3 is 0 Å². The van der Waals surface area contributed by atoms with Crippen molar-refractivity contribution < 1.29 is 0 Å². The Morgan fingerprint density at radius 2 is 0.920 bits per heavy atom. The Balaban J connectivity index is 1.65. The van der Waals surface area contributed by atoms with Crippen LogP contribution in [-0.4, -0.2) is 24.9 Å². The van der Waals surface area contributed by atoms with Gasteiger partial charge in [-0.25, -0.2) is 0 Å². The van der Waals surface area contributed by atoms with Gasteiger partial charge in [-0.15, -0.1) is 0 Å². The normalized spacial score (nSPS) is 20.9. The minimum atomic E-state index is -0.131. The standard InChI is InChI=1S/C22H23NP2/c1-4-10-20(11-5-1)23-18-24(21-12-6-2-7-13-21)16-17-25(19-23)22-14-8-3-9-15-22/h1-15H,16-19H2. The van der Waals surface area contributed by atoms with E-state index in [-0.39, 0.29) is 15.8 Å². The minimum Gasteiger partial charge on any atom is -0.363 e. The molecule has 0 N–H and O–H groups in total. The van der Waals surface area contributed by atoms with Crippen molar-refractivity contribution >= 4 is 32.1 Å². The average Bonchev–Trinajstić information content (AvgIpc) is 2.93. The summed E-state index contributed by atoms with van der Waals surface area (Å²) in [6, 6.07) is 33.3. The fourth-order valence-electron chi connectivity index (χ4n) is 3.34. The summed E-state index contributed by atoms with van der Waals surface area (Å²) in [5.74, 6) is 0. The van der Waals surface area contributed by atoms with Crippen LogP contribution in [0.3, 0.4) is 0 Å². The first kappa shape index (κ1) is 16.8. The molecule has 2 atom stereocenters. The molecule has 25 heavy (non-hydrogen) atoms. The van der Waals surface area contributed by atoms with Crippen LogP contribution in [0.1, 0.15) is 0 Å². The summed E-state index contributed by atoms with van der Waals surface area (Å²) >= 11 is 0. The molecule has 0 aromatic heterocycles. The molecule has 1 nitrogen and oxygen atoms in total. The predicted octanol–water partition coefficient (Wildman–Crippen LogP) is 5.04. The second-order valence-electron chi connectivity index (χ2n) is 6.36. The SMILES string of the molecule is c1ccc(N2CP(c3ccccc3)CCP(c3ccccc3)C2)cc1. The molecule has 1 saturated heterocycles. The molecule has 1 heterocycles. The zero-order valence-electron chi connectivity index (χ0n) is 14.3. The smallest absolute Gasteiger partial charge is 0.0422 e. The van der Waals surface area contributed by atoms with Crippen LogP contribution in [0.25, 0.3) is 0 Å². The van der Waals surface area contributed by atoms with Crippen molar-refractivity contribution in [3.05, 3.63) is 91.0 Å². The van der Waals surface area contributed by atoms with E-state index in [4.69, 9.17) is 0 Å². The first-order chi connectivity index (χ1) is 12.4. The summed E-state index contributed by atoms with van der Waals surface area (Å²) in [4.78, 5) is 2.64. The molecule has 3 aromatic rings. The maximum Gasteiger partial charge on any atom is 0.0422 e. The molecule has 1 aliphatic rings. The topological polar surface area (TPSA) is 3.24 Å². The summed E-state index contributed by atoms with van der Waals surface area (Å²) in [6.45, 7) is 0. The molecule has 0 bridgehead atoms. The Morgan fingerprint density at radius 3 is 1.36 bits per heavy atom. The number of benzene rings is 3. The fourth-order valence-corrected chi connectivity index (χ4v) is 9.09. The molecular weight excluding hydrogens is 340 g/mol. The van der Waals surface area contributed by atoms with Crippen molar-refractivity contribution in [2.45, 2.75) is 0 Å². The summed E-state index contributed by atoms with van der Waals surface area (Å²) in [6.07, 6.45) is 5.02. The number of hydrogen-bond acceptors (Lipinski definition) is 1. The Bertz CT molecular complexity index is 727. The Kier molecular flexibility index (Phi) is 5.46. The molecule has 0 saturated carbocycles. The van der Waals surface area contributed by atoms with Crippen LogP contribution < -0.4 is 15.5 Å². The van der Waals surface area contributed by atoms with Crippen molar-refractivity contribution in [1.82, 2.24) is 0 Å². The lowest BCUT2D eigenvalue weighted by Crippen LogP contribution is -2.25. The molecule has 0 spiro atoms. The second kappa shape index (κ2) is 8.13. The lowest BCUT2D eigenvalue weighted by atomic mass is 10.3. The first-order valence-electron chi connectivity index (χ1n) is 8.80. The van der Waals surface area contributed by atoms with Gasteiger partial charge in [0, 0.05) is 18.3 Å². The van der Waals surface area contributed by atoms with Gasteiger partial charge in [0.25, 0.3) is 0 Å². The van der Waals surface area contributed by atoms with Gasteiger partial charge in [-0.05, 0) is 35.1 Å². The maximum absolute atomic E-state index is 2.64. The number of anilines is 1. The second-order valence-corrected chi connectivity index (χ2v) is 11.0. The van der Waals surface area contributed by atoms with E-state index in [9.17, 15) is 0 Å². The van der Waals surface area contributed by atoms with Crippen molar-refractivity contribution in [2.24, 2.45) is 0 Å². The Hall–Kier alpha value is -1.68. The van der Waals surface area contributed by atoms with Crippen LogP contribution in [0.4, 0.5) is 5.69 Å². The van der Waals surface area contributed by atoms with Gasteiger partial charge < -0.3 is 4.90 Å². The highest BCUT2D eigenvalue weighted by molar-refractivity contribution is 7.70. The summed E-state index contributed by atoms with van der Waals surface area (Å²) < 4.78 is 0. The molecule has 0 aliphatic carbocycles. The maximum atomic E-state index is 2.64. The van der Waals surface area contributed by atoms with Gasteiger partial charge in [0.1, 0.15) is 0 Å². The minimum absolute atomic E-state index is 0.131. The molecule has 3 heteroatoms. The molecule has 0 amide bonds. The first-order valence-corrected chi connectivity index (χ1v) is 12.2. The van der Waals surface area contributed by atoms with E-state index in [1.807, 2.05) is 0 Å². The van der Waals surface area contributed by atoms with E-state index in [2.05, 4.69) is 95.9 Å². The lowest BCUT2D eigenvalue weighted by molar-refractivity contribution is 1.06. The molecule has 4 rings (SSSR count). The third-order valence-corrected chi connectivity index (χ3v) is 9.99. The highest BCUT2D eigenvalue weighted by atomic mass is 31.1. The van der Waals surface area contributed by atoms with E-state index < -0.39 is 0 Å². The lowest BCUT2D eigenvalue weighted by Gasteiger charge is -2.28. The number of rotatable bonds is 3. The van der Waals surface area contributed by atoms with Crippen LogP contribution in [0, 0.1) is 0 Å². The summed E-state index contributed by atoms with van der Waals surface area (Å²) in [5, 5.41) is 3.09. The van der Waals surface area contributed by atoms with Gasteiger partial charge in [-0.1, -0.05) is 94.7 Å².